The molecule has 0 saturated heterocycles. The number of rotatable bonds is 5. The Morgan fingerprint density at radius 1 is 1.10 bits per heavy atom. The second-order valence-corrected chi connectivity index (χ2v) is 6.79. The molecule has 0 aliphatic rings. The summed E-state index contributed by atoms with van der Waals surface area (Å²) in [6.07, 6.45) is 2.49. The van der Waals surface area contributed by atoms with Crippen LogP contribution < -0.4 is 16.2 Å². The second kappa shape index (κ2) is 7.27. The quantitative estimate of drug-likeness (QED) is 0.543. The first-order chi connectivity index (χ1) is 13.9. The van der Waals surface area contributed by atoms with E-state index in [-0.39, 0.29) is 0 Å². The fourth-order valence-corrected chi connectivity index (χ4v) is 3.34. The van der Waals surface area contributed by atoms with Crippen molar-refractivity contribution in [3.63, 3.8) is 0 Å². The van der Waals surface area contributed by atoms with Crippen LogP contribution in [0.2, 0.25) is 0 Å². The number of nitrogens with two attached hydrogens (primary N) is 2. The van der Waals surface area contributed by atoms with Crippen LogP contribution in [0.15, 0.2) is 54.7 Å². The first-order valence-corrected chi connectivity index (χ1v) is 9.25. The van der Waals surface area contributed by atoms with Gasteiger partial charge in [-0.25, -0.2) is 4.98 Å². The van der Waals surface area contributed by atoms with Gasteiger partial charge in [-0.05, 0) is 36.2 Å². The van der Waals surface area contributed by atoms with E-state index in [1.165, 1.54) is 0 Å². The maximum atomic E-state index is 11.6. The Morgan fingerprint density at radius 3 is 2.69 bits per heavy atom. The molecule has 0 aliphatic carbocycles. The molecule has 4 rings (SSSR count). The summed E-state index contributed by atoms with van der Waals surface area (Å²) < 4.78 is 7.83. The molecule has 4 N–H and O–H groups in total. The van der Waals surface area contributed by atoms with E-state index in [0.717, 1.165) is 22.0 Å². The molecule has 0 fully saturated rings. The third-order valence-corrected chi connectivity index (χ3v) is 4.82. The minimum Gasteiger partial charge on any atom is -0.457 e. The summed E-state index contributed by atoms with van der Waals surface area (Å²) in [5.74, 6) is 1.15. The van der Waals surface area contributed by atoms with E-state index in [1.54, 1.807) is 16.8 Å². The van der Waals surface area contributed by atoms with E-state index in [1.807, 2.05) is 56.6 Å². The molecule has 7 heteroatoms. The highest BCUT2D eigenvalue weighted by Gasteiger charge is 2.11. The zero-order valence-electron chi connectivity index (χ0n) is 16.2. The van der Waals surface area contributed by atoms with Crippen LogP contribution in [0, 0.1) is 0 Å². The number of benzene rings is 2. The number of hydrogen-bond acceptors (Lipinski definition) is 5. The average molecular weight is 387 g/mol. The van der Waals surface area contributed by atoms with Gasteiger partial charge in [0.05, 0.1) is 17.4 Å². The molecule has 7 nitrogen and oxygen atoms in total. The van der Waals surface area contributed by atoms with Crippen LogP contribution in [0.3, 0.4) is 0 Å². The first-order valence-electron chi connectivity index (χ1n) is 9.25. The van der Waals surface area contributed by atoms with Gasteiger partial charge < -0.3 is 16.2 Å². The number of aromatic nitrogens is 3. The van der Waals surface area contributed by atoms with Crippen LogP contribution >= 0.6 is 0 Å². The van der Waals surface area contributed by atoms with Gasteiger partial charge in [0.1, 0.15) is 17.3 Å². The number of carbonyl (C=O) groups excluding carboxylic acids is 1. The van der Waals surface area contributed by atoms with Crippen LogP contribution in [0.25, 0.3) is 22.2 Å². The summed E-state index contributed by atoms with van der Waals surface area (Å²) in [4.78, 5) is 16.0. The van der Waals surface area contributed by atoms with Crippen molar-refractivity contribution in [2.24, 2.45) is 12.8 Å². The lowest BCUT2D eigenvalue weighted by Crippen LogP contribution is -2.13. The van der Waals surface area contributed by atoms with Crippen molar-refractivity contribution in [2.75, 3.05) is 5.73 Å². The van der Waals surface area contributed by atoms with Crippen molar-refractivity contribution in [3.05, 3.63) is 65.9 Å². The maximum absolute atomic E-state index is 11.6. The number of ether oxygens (including phenoxy) is 1. The number of aryl methyl sites for hydroxylation is 2. The molecule has 2 aromatic carbocycles. The zero-order chi connectivity index (χ0) is 20.5. The number of nitrogens with zero attached hydrogens (tertiary/aromatic N) is 3. The fourth-order valence-electron chi connectivity index (χ4n) is 3.34. The maximum Gasteiger partial charge on any atom is 0.248 e. The molecule has 0 atom stereocenters. The first kappa shape index (κ1) is 18.5. The lowest BCUT2D eigenvalue weighted by molar-refractivity contribution is 0.0999. The van der Waals surface area contributed by atoms with Crippen molar-refractivity contribution in [1.29, 1.82) is 0 Å². The van der Waals surface area contributed by atoms with Gasteiger partial charge in [0, 0.05) is 41.8 Å². The highest BCUT2D eigenvalue weighted by molar-refractivity contribution is 5.95. The molecule has 0 spiro atoms. The van der Waals surface area contributed by atoms with Gasteiger partial charge >= 0.3 is 0 Å². The molecule has 146 valence electrons. The lowest BCUT2D eigenvalue weighted by Gasteiger charge is -2.11. The standard InChI is InChI=1S/C22H21N5O2/c1-3-13-8-14(5-7-18(13)22(24)28)19-9-17(11-21(23)26-19)29-16-6-4-15-12-25-27(2)20(15)10-16/h4-12H,3H2,1-2H3,(H2,23,26)(H2,24,28). The molecule has 1 amide bonds. The van der Waals surface area contributed by atoms with Crippen molar-refractivity contribution in [3.8, 4) is 22.8 Å². The lowest BCUT2D eigenvalue weighted by atomic mass is 9.99. The molecule has 0 saturated carbocycles. The number of nitrogen functional groups attached to an aromatic ring is 1. The fraction of sp³-hybridized carbons (Fsp3) is 0.136. The van der Waals surface area contributed by atoms with E-state index in [0.29, 0.717) is 35.0 Å². The van der Waals surface area contributed by atoms with Crippen LogP contribution in [0.4, 0.5) is 5.82 Å². The number of pyridine rings is 1. The average Bonchev–Trinajstić information content (AvgIpc) is 3.07. The predicted molar refractivity (Wildman–Crippen MR) is 113 cm³/mol. The molecule has 0 aliphatic heterocycles. The minimum atomic E-state index is -0.441. The van der Waals surface area contributed by atoms with Crippen molar-refractivity contribution in [1.82, 2.24) is 14.8 Å². The highest BCUT2D eigenvalue weighted by Crippen LogP contribution is 2.30. The van der Waals surface area contributed by atoms with Gasteiger partial charge in [0.25, 0.3) is 0 Å². The highest BCUT2D eigenvalue weighted by atomic mass is 16.5. The Morgan fingerprint density at radius 2 is 1.93 bits per heavy atom. The third kappa shape index (κ3) is 3.62. The Labute approximate surface area is 167 Å². The summed E-state index contributed by atoms with van der Waals surface area (Å²) in [5, 5.41) is 5.28. The zero-order valence-corrected chi connectivity index (χ0v) is 16.2. The number of carbonyl (C=O) groups is 1. The smallest absolute Gasteiger partial charge is 0.248 e. The minimum absolute atomic E-state index is 0.344. The molecular weight excluding hydrogens is 366 g/mol. The van der Waals surface area contributed by atoms with Crippen molar-refractivity contribution >= 4 is 22.6 Å². The van der Waals surface area contributed by atoms with Gasteiger partial charge in [-0.2, -0.15) is 5.10 Å². The predicted octanol–water partition coefficient (Wildman–Crippen LogP) is 3.67. The van der Waals surface area contributed by atoms with Crippen LogP contribution in [0.5, 0.6) is 11.5 Å². The number of amides is 1. The Bertz CT molecular complexity index is 1230. The summed E-state index contributed by atoms with van der Waals surface area (Å²) in [7, 11) is 1.88. The van der Waals surface area contributed by atoms with E-state index in [2.05, 4.69) is 10.1 Å². The van der Waals surface area contributed by atoms with E-state index in [4.69, 9.17) is 16.2 Å². The Balaban J connectivity index is 1.70. The van der Waals surface area contributed by atoms with Crippen molar-refractivity contribution < 1.29 is 9.53 Å². The number of anilines is 1. The molecular formula is C22H21N5O2. The van der Waals surface area contributed by atoms with Gasteiger partial charge in [-0.1, -0.05) is 13.0 Å². The number of primary amides is 1. The second-order valence-electron chi connectivity index (χ2n) is 6.79. The molecule has 2 aromatic heterocycles. The van der Waals surface area contributed by atoms with Gasteiger partial charge in [0.2, 0.25) is 5.91 Å². The monoisotopic (exact) mass is 387 g/mol. The molecule has 0 unspecified atom stereocenters. The molecule has 0 radical (unpaired) electrons. The SMILES string of the molecule is CCc1cc(-c2cc(Oc3ccc4cnn(C)c4c3)cc(N)n2)ccc1C(N)=O. The Hall–Kier alpha value is -3.87. The van der Waals surface area contributed by atoms with Crippen molar-refractivity contribution in [2.45, 2.75) is 13.3 Å². The summed E-state index contributed by atoms with van der Waals surface area (Å²) in [6.45, 7) is 1.97. The molecule has 4 aromatic rings. The van der Waals surface area contributed by atoms with Crippen LogP contribution in [-0.4, -0.2) is 20.7 Å². The number of fused-ring (bicyclic) bond motifs is 1. The van der Waals surface area contributed by atoms with E-state index < -0.39 is 5.91 Å². The van der Waals surface area contributed by atoms with E-state index in [9.17, 15) is 4.79 Å². The van der Waals surface area contributed by atoms with Crippen LogP contribution in [0.1, 0.15) is 22.8 Å². The molecule has 2 heterocycles. The normalized spacial score (nSPS) is 11.0. The largest absolute Gasteiger partial charge is 0.457 e. The van der Waals surface area contributed by atoms with Gasteiger partial charge in [-0.15, -0.1) is 0 Å². The van der Waals surface area contributed by atoms with Gasteiger partial charge in [0.15, 0.2) is 0 Å². The molecule has 0 bridgehead atoms. The third-order valence-electron chi connectivity index (χ3n) is 4.82. The topological polar surface area (TPSA) is 109 Å². The van der Waals surface area contributed by atoms with E-state index >= 15 is 0 Å². The van der Waals surface area contributed by atoms with Crippen LogP contribution in [-0.2, 0) is 13.5 Å². The Kier molecular flexibility index (Phi) is 4.64. The summed E-state index contributed by atoms with van der Waals surface area (Å²) >= 11 is 0. The summed E-state index contributed by atoms with van der Waals surface area (Å²) in [6, 6.07) is 14.7. The van der Waals surface area contributed by atoms with Gasteiger partial charge in [-0.3, -0.25) is 9.48 Å². The summed E-state index contributed by atoms with van der Waals surface area (Å²) in [5.41, 5.74) is 15.3. The molecule has 29 heavy (non-hydrogen) atoms. The number of hydrogen-bond donors (Lipinski definition) is 2.